The van der Waals surface area contributed by atoms with Gasteiger partial charge in [-0.2, -0.15) is 0 Å². The zero-order valence-corrected chi connectivity index (χ0v) is 14.9. The Labute approximate surface area is 149 Å². The highest BCUT2D eigenvalue weighted by Gasteiger charge is 2.24. The van der Waals surface area contributed by atoms with E-state index in [0.29, 0.717) is 19.1 Å². The summed E-state index contributed by atoms with van der Waals surface area (Å²) in [5, 5.41) is 0. The number of pyridine rings is 1. The predicted octanol–water partition coefficient (Wildman–Crippen LogP) is 3.47. The fourth-order valence-electron chi connectivity index (χ4n) is 3.74. The van der Waals surface area contributed by atoms with E-state index in [1.54, 1.807) is 6.20 Å². The van der Waals surface area contributed by atoms with Crippen LogP contribution in [0.25, 0.3) is 0 Å². The molecule has 0 spiro atoms. The van der Waals surface area contributed by atoms with Crippen LogP contribution in [-0.4, -0.2) is 24.2 Å². The lowest BCUT2D eigenvalue weighted by Crippen LogP contribution is -2.29. The van der Waals surface area contributed by atoms with Crippen LogP contribution in [0.4, 0.5) is 0 Å². The van der Waals surface area contributed by atoms with E-state index in [1.165, 1.54) is 5.56 Å². The van der Waals surface area contributed by atoms with Crippen LogP contribution in [0.5, 0.6) is 0 Å². The Balaban J connectivity index is 1.53. The predicted molar refractivity (Wildman–Crippen MR) is 101 cm³/mol. The lowest BCUT2D eigenvalue weighted by molar-refractivity contribution is 0.0172. The fraction of sp³-hybridized carbons (Fsp3) is 0.476. The van der Waals surface area contributed by atoms with E-state index in [4.69, 9.17) is 10.5 Å². The van der Waals surface area contributed by atoms with Gasteiger partial charge in [-0.15, -0.1) is 0 Å². The first-order valence-electron chi connectivity index (χ1n) is 9.23. The zero-order chi connectivity index (χ0) is 17.6. The van der Waals surface area contributed by atoms with Gasteiger partial charge in [-0.1, -0.05) is 30.3 Å². The second-order valence-corrected chi connectivity index (χ2v) is 7.11. The summed E-state index contributed by atoms with van der Waals surface area (Å²) >= 11 is 0. The molecule has 3 rings (SSSR count). The summed E-state index contributed by atoms with van der Waals surface area (Å²) in [7, 11) is 0. The molecule has 1 aliphatic rings. The summed E-state index contributed by atoms with van der Waals surface area (Å²) in [5.41, 5.74) is 9.06. The number of hydrogen-bond donors (Lipinski definition) is 2. The van der Waals surface area contributed by atoms with Crippen LogP contribution in [-0.2, 0) is 4.74 Å². The van der Waals surface area contributed by atoms with Crippen molar-refractivity contribution in [3.8, 4) is 0 Å². The average molecular weight is 340 g/mol. The van der Waals surface area contributed by atoms with Crippen molar-refractivity contribution in [1.29, 1.82) is 0 Å². The molecule has 1 atom stereocenters. The monoisotopic (exact) mass is 340 g/mol. The van der Waals surface area contributed by atoms with E-state index in [-0.39, 0.29) is 17.6 Å². The van der Waals surface area contributed by atoms with Gasteiger partial charge < -0.3 is 15.5 Å². The molecule has 1 fully saturated rings. The van der Waals surface area contributed by atoms with Crippen molar-refractivity contribution in [2.24, 2.45) is 5.73 Å². The second-order valence-electron chi connectivity index (χ2n) is 7.11. The lowest BCUT2D eigenvalue weighted by Gasteiger charge is -2.30. The topological polar surface area (TPSA) is 68.1 Å². The highest BCUT2D eigenvalue weighted by molar-refractivity contribution is 5.22. The molecule has 4 heteroatoms. The maximum Gasteiger partial charge on any atom is 0.251 e. The molecule has 0 saturated heterocycles. The summed E-state index contributed by atoms with van der Waals surface area (Å²) in [6, 6.07) is 12.7. The van der Waals surface area contributed by atoms with E-state index < -0.39 is 0 Å². The number of nitrogens with one attached hydrogen (secondary N) is 1. The van der Waals surface area contributed by atoms with E-state index in [9.17, 15) is 4.79 Å². The van der Waals surface area contributed by atoms with Crippen molar-refractivity contribution in [2.75, 3.05) is 13.2 Å². The summed E-state index contributed by atoms with van der Waals surface area (Å²) < 4.78 is 6.14. The molecule has 1 unspecified atom stereocenters. The maximum absolute atomic E-state index is 12.1. The van der Waals surface area contributed by atoms with E-state index >= 15 is 0 Å². The number of aromatic amines is 1. The minimum absolute atomic E-state index is 0.0458. The van der Waals surface area contributed by atoms with Crippen LogP contribution >= 0.6 is 0 Å². The van der Waals surface area contributed by atoms with Gasteiger partial charge in [0.05, 0.1) is 12.7 Å². The van der Waals surface area contributed by atoms with Gasteiger partial charge in [-0.05, 0) is 55.7 Å². The Kier molecular flexibility index (Phi) is 6.05. The van der Waals surface area contributed by atoms with Gasteiger partial charge in [0.1, 0.15) is 0 Å². The third-order valence-electron chi connectivity index (χ3n) is 5.28. The maximum atomic E-state index is 12.1. The smallest absolute Gasteiger partial charge is 0.251 e. The van der Waals surface area contributed by atoms with Gasteiger partial charge in [0, 0.05) is 24.2 Å². The fourth-order valence-corrected chi connectivity index (χ4v) is 3.74. The van der Waals surface area contributed by atoms with Gasteiger partial charge in [-0.25, -0.2) is 0 Å². The van der Waals surface area contributed by atoms with Gasteiger partial charge in [0.25, 0.3) is 5.56 Å². The number of H-pyrrole nitrogens is 1. The number of rotatable bonds is 6. The minimum atomic E-state index is -0.0579. The molecule has 3 N–H and O–H groups in total. The number of nitrogens with two attached hydrogens (primary N) is 1. The third-order valence-corrected chi connectivity index (χ3v) is 5.28. The summed E-state index contributed by atoms with van der Waals surface area (Å²) in [4.78, 5) is 14.8. The molecule has 0 bridgehead atoms. The standard InChI is InChI=1S/C21H28N2O2/c1-15-11-20(21(24)23-13-15)18(12-22)14-25-19-9-7-17(8-10-19)16-5-3-2-4-6-16/h2-6,11,13,17-19H,7-10,12,14,22H2,1H3,(H,23,24)/t17-,18?,19+. The normalized spacial score (nSPS) is 21.8. The van der Waals surface area contributed by atoms with Crippen molar-refractivity contribution in [2.45, 2.75) is 50.5 Å². The molecule has 2 aromatic rings. The highest BCUT2D eigenvalue weighted by atomic mass is 16.5. The molecule has 1 heterocycles. The van der Waals surface area contributed by atoms with E-state index in [1.807, 2.05) is 13.0 Å². The molecule has 1 aromatic carbocycles. The number of benzene rings is 1. The number of aromatic nitrogens is 1. The molecule has 1 aromatic heterocycles. The van der Waals surface area contributed by atoms with Crippen molar-refractivity contribution in [1.82, 2.24) is 4.98 Å². The van der Waals surface area contributed by atoms with Crippen LogP contribution in [0.3, 0.4) is 0 Å². The SMILES string of the molecule is Cc1c[nH]c(=O)c(C(CN)CO[C@H]2CC[C@@H](c3ccccc3)CC2)c1. The van der Waals surface area contributed by atoms with Crippen molar-refractivity contribution >= 4 is 0 Å². The van der Waals surface area contributed by atoms with Crippen LogP contribution < -0.4 is 11.3 Å². The molecule has 0 radical (unpaired) electrons. The molecule has 1 saturated carbocycles. The number of aryl methyl sites for hydroxylation is 1. The molecular weight excluding hydrogens is 312 g/mol. The zero-order valence-electron chi connectivity index (χ0n) is 14.9. The Bertz CT molecular complexity index is 718. The van der Waals surface area contributed by atoms with Crippen molar-refractivity contribution < 1.29 is 4.74 Å². The first kappa shape index (κ1) is 17.9. The molecule has 134 valence electrons. The summed E-state index contributed by atoms with van der Waals surface area (Å²) in [5.74, 6) is 0.599. The quantitative estimate of drug-likeness (QED) is 0.846. The third kappa shape index (κ3) is 4.59. The molecule has 0 amide bonds. The van der Waals surface area contributed by atoms with E-state index in [2.05, 4.69) is 35.3 Å². The second kappa shape index (κ2) is 8.45. The van der Waals surface area contributed by atoms with Gasteiger partial charge in [-0.3, -0.25) is 4.79 Å². The lowest BCUT2D eigenvalue weighted by atomic mass is 9.83. The van der Waals surface area contributed by atoms with Gasteiger partial charge in [0.2, 0.25) is 0 Å². The number of ether oxygens (including phenoxy) is 1. The molecular formula is C21H28N2O2. The Hall–Kier alpha value is -1.91. The van der Waals surface area contributed by atoms with Crippen molar-refractivity contribution in [3.05, 3.63) is 69.6 Å². The van der Waals surface area contributed by atoms with Crippen LogP contribution in [0.1, 0.15) is 54.2 Å². The Morgan fingerprint density at radius 1 is 1.20 bits per heavy atom. The highest BCUT2D eigenvalue weighted by Crippen LogP contribution is 2.34. The largest absolute Gasteiger partial charge is 0.378 e. The van der Waals surface area contributed by atoms with E-state index in [0.717, 1.165) is 36.8 Å². The first-order valence-corrected chi connectivity index (χ1v) is 9.23. The van der Waals surface area contributed by atoms with Crippen molar-refractivity contribution in [3.63, 3.8) is 0 Å². The van der Waals surface area contributed by atoms with Crippen LogP contribution in [0.15, 0.2) is 47.4 Å². The number of hydrogen-bond acceptors (Lipinski definition) is 3. The summed E-state index contributed by atoms with van der Waals surface area (Å²) in [6.45, 7) is 2.91. The van der Waals surface area contributed by atoms with Crippen LogP contribution in [0.2, 0.25) is 0 Å². The first-order chi connectivity index (χ1) is 12.2. The molecule has 0 aliphatic heterocycles. The Morgan fingerprint density at radius 2 is 1.92 bits per heavy atom. The molecule has 4 nitrogen and oxygen atoms in total. The van der Waals surface area contributed by atoms with Crippen LogP contribution in [0, 0.1) is 6.92 Å². The van der Waals surface area contributed by atoms with Gasteiger partial charge in [0.15, 0.2) is 0 Å². The van der Waals surface area contributed by atoms with Gasteiger partial charge >= 0.3 is 0 Å². The Morgan fingerprint density at radius 3 is 2.60 bits per heavy atom. The molecule has 1 aliphatic carbocycles. The average Bonchev–Trinajstić information content (AvgIpc) is 2.66. The summed E-state index contributed by atoms with van der Waals surface area (Å²) in [6.07, 6.45) is 6.46. The minimum Gasteiger partial charge on any atom is -0.378 e. The molecule has 25 heavy (non-hydrogen) atoms.